The predicted molar refractivity (Wildman–Crippen MR) is 55.6 cm³/mol. The molecule has 0 saturated heterocycles. The summed E-state index contributed by atoms with van der Waals surface area (Å²) in [4.78, 5) is 0. The molecule has 1 aromatic heterocycles. The van der Waals surface area contributed by atoms with E-state index in [0.29, 0.717) is 0 Å². The molecule has 0 fully saturated rings. The fraction of sp³-hybridized carbons (Fsp3) is 0.333. The van der Waals surface area contributed by atoms with Crippen molar-refractivity contribution >= 4 is 22.9 Å². The van der Waals surface area contributed by atoms with Gasteiger partial charge in [0.2, 0.25) is 0 Å². The topological polar surface area (TPSA) is 12.0 Å². The van der Waals surface area contributed by atoms with Crippen LogP contribution in [-0.2, 0) is 6.54 Å². The first-order valence-corrected chi connectivity index (χ1v) is 5.18. The zero-order valence-corrected chi connectivity index (χ0v) is 8.58. The highest BCUT2D eigenvalue weighted by molar-refractivity contribution is 7.07. The van der Waals surface area contributed by atoms with E-state index >= 15 is 0 Å². The van der Waals surface area contributed by atoms with Gasteiger partial charge in [0.15, 0.2) is 0 Å². The Balaban J connectivity index is 2.19. The van der Waals surface area contributed by atoms with E-state index in [1.165, 1.54) is 5.56 Å². The zero-order valence-electron chi connectivity index (χ0n) is 7.01. The Morgan fingerprint density at radius 3 is 3.17 bits per heavy atom. The Morgan fingerprint density at radius 2 is 2.58 bits per heavy atom. The third-order valence-corrected chi connectivity index (χ3v) is 2.60. The van der Waals surface area contributed by atoms with E-state index in [4.69, 9.17) is 11.6 Å². The molecule has 0 aliphatic heterocycles. The minimum atomic E-state index is 0.860. The highest BCUT2D eigenvalue weighted by Crippen LogP contribution is 2.05. The first-order valence-electron chi connectivity index (χ1n) is 3.80. The molecule has 0 aliphatic carbocycles. The Morgan fingerprint density at radius 1 is 1.75 bits per heavy atom. The van der Waals surface area contributed by atoms with Crippen molar-refractivity contribution in [3.63, 3.8) is 0 Å². The molecule has 0 atom stereocenters. The van der Waals surface area contributed by atoms with Crippen LogP contribution >= 0.6 is 22.9 Å². The summed E-state index contributed by atoms with van der Waals surface area (Å²) in [5.41, 5.74) is 4.11. The molecule has 1 aromatic rings. The van der Waals surface area contributed by atoms with Crippen molar-refractivity contribution in [2.24, 2.45) is 0 Å². The van der Waals surface area contributed by atoms with Crippen LogP contribution in [0.1, 0.15) is 12.5 Å². The molecular formula is C9H12ClNS. The normalized spacial score (nSPS) is 12.0. The lowest BCUT2D eigenvalue weighted by atomic mass is 10.3. The number of thiophene rings is 1. The molecule has 0 amide bonds. The Labute approximate surface area is 82.1 Å². The van der Waals surface area contributed by atoms with Gasteiger partial charge in [-0.2, -0.15) is 11.3 Å². The monoisotopic (exact) mass is 201 g/mol. The van der Waals surface area contributed by atoms with Gasteiger partial charge in [0.05, 0.1) is 0 Å². The standard InChI is InChI=1S/C9H12ClNS/c1-8(4-10)5-11-6-9-2-3-12-7-9/h2-4,7,11H,5-6H2,1H3/b8-4-. The van der Waals surface area contributed by atoms with E-state index in [-0.39, 0.29) is 0 Å². The molecule has 1 heterocycles. The molecule has 12 heavy (non-hydrogen) atoms. The SMILES string of the molecule is C/C(=C/Cl)CNCc1ccsc1. The Hall–Kier alpha value is -0.310. The summed E-state index contributed by atoms with van der Waals surface area (Å²) in [7, 11) is 0. The largest absolute Gasteiger partial charge is 0.309 e. The van der Waals surface area contributed by atoms with Crippen LogP contribution in [0.15, 0.2) is 27.9 Å². The van der Waals surface area contributed by atoms with Crippen LogP contribution in [0.25, 0.3) is 0 Å². The second-order valence-corrected chi connectivity index (χ2v) is 3.69. The van der Waals surface area contributed by atoms with Gasteiger partial charge in [0.25, 0.3) is 0 Å². The van der Waals surface area contributed by atoms with Gasteiger partial charge in [-0.3, -0.25) is 0 Å². The molecule has 1 N–H and O–H groups in total. The molecule has 0 saturated carbocycles. The van der Waals surface area contributed by atoms with E-state index in [1.54, 1.807) is 16.9 Å². The van der Waals surface area contributed by atoms with Crippen molar-refractivity contribution in [1.82, 2.24) is 5.32 Å². The maximum absolute atomic E-state index is 5.51. The van der Waals surface area contributed by atoms with E-state index in [9.17, 15) is 0 Å². The van der Waals surface area contributed by atoms with Crippen molar-refractivity contribution in [2.75, 3.05) is 6.54 Å². The second kappa shape index (κ2) is 5.36. The number of halogens is 1. The highest BCUT2D eigenvalue weighted by atomic mass is 35.5. The third kappa shape index (κ3) is 3.39. The molecular weight excluding hydrogens is 190 g/mol. The lowest BCUT2D eigenvalue weighted by molar-refractivity contribution is 0.742. The second-order valence-electron chi connectivity index (χ2n) is 2.69. The van der Waals surface area contributed by atoms with Crippen molar-refractivity contribution in [1.29, 1.82) is 0 Å². The summed E-state index contributed by atoms with van der Waals surface area (Å²) in [5, 5.41) is 7.52. The van der Waals surface area contributed by atoms with Gasteiger partial charge in [0, 0.05) is 18.6 Å². The summed E-state index contributed by atoms with van der Waals surface area (Å²) in [5.74, 6) is 0. The molecule has 66 valence electrons. The van der Waals surface area contributed by atoms with Crippen LogP contribution in [-0.4, -0.2) is 6.54 Å². The average molecular weight is 202 g/mol. The summed E-state index contributed by atoms with van der Waals surface area (Å²) >= 11 is 7.24. The molecule has 0 spiro atoms. The fourth-order valence-corrected chi connectivity index (χ4v) is 1.58. The Kier molecular flexibility index (Phi) is 4.36. The van der Waals surface area contributed by atoms with Gasteiger partial charge in [-0.1, -0.05) is 11.6 Å². The number of hydrogen-bond donors (Lipinski definition) is 1. The molecule has 3 heteroatoms. The number of hydrogen-bond acceptors (Lipinski definition) is 2. The lowest BCUT2D eigenvalue weighted by Gasteiger charge is -2.01. The maximum Gasteiger partial charge on any atom is 0.0216 e. The smallest absolute Gasteiger partial charge is 0.0216 e. The van der Waals surface area contributed by atoms with Gasteiger partial charge in [-0.25, -0.2) is 0 Å². The molecule has 0 bridgehead atoms. The molecule has 0 unspecified atom stereocenters. The quantitative estimate of drug-likeness (QED) is 0.790. The highest BCUT2D eigenvalue weighted by Gasteiger charge is 1.92. The summed E-state index contributed by atoms with van der Waals surface area (Å²) in [6.45, 7) is 3.79. The van der Waals surface area contributed by atoms with E-state index < -0.39 is 0 Å². The van der Waals surface area contributed by atoms with Gasteiger partial charge < -0.3 is 5.32 Å². The van der Waals surface area contributed by atoms with Crippen LogP contribution in [0.4, 0.5) is 0 Å². The van der Waals surface area contributed by atoms with E-state index in [1.807, 2.05) is 6.92 Å². The van der Waals surface area contributed by atoms with Gasteiger partial charge in [0.1, 0.15) is 0 Å². The first kappa shape index (κ1) is 9.78. The maximum atomic E-state index is 5.51. The fourth-order valence-electron chi connectivity index (χ4n) is 0.836. The predicted octanol–water partition coefficient (Wildman–Crippen LogP) is 2.98. The van der Waals surface area contributed by atoms with Crippen molar-refractivity contribution in [3.05, 3.63) is 33.5 Å². The van der Waals surface area contributed by atoms with E-state index in [0.717, 1.165) is 18.7 Å². The van der Waals surface area contributed by atoms with Crippen LogP contribution in [0.3, 0.4) is 0 Å². The van der Waals surface area contributed by atoms with Gasteiger partial charge >= 0.3 is 0 Å². The molecule has 0 aromatic carbocycles. The number of nitrogens with one attached hydrogen (secondary N) is 1. The zero-order chi connectivity index (χ0) is 8.81. The van der Waals surface area contributed by atoms with Crippen molar-refractivity contribution < 1.29 is 0 Å². The van der Waals surface area contributed by atoms with Crippen molar-refractivity contribution in [2.45, 2.75) is 13.5 Å². The molecule has 0 radical (unpaired) electrons. The molecule has 0 aliphatic rings. The third-order valence-electron chi connectivity index (χ3n) is 1.50. The van der Waals surface area contributed by atoms with Crippen LogP contribution < -0.4 is 5.32 Å². The average Bonchev–Trinajstić information content (AvgIpc) is 2.57. The molecule has 1 rings (SSSR count). The van der Waals surface area contributed by atoms with Gasteiger partial charge in [-0.15, -0.1) is 0 Å². The molecule has 1 nitrogen and oxygen atoms in total. The van der Waals surface area contributed by atoms with Crippen molar-refractivity contribution in [3.8, 4) is 0 Å². The van der Waals surface area contributed by atoms with E-state index in [2.05, 4.69) is 22.1 Å². The minimum Gasteiger partial charge on any atom is -0.309 e. The lowest BCUT2D eigenvalue weighted by Crippen LogP contribution is -2.14. The van der Waals surface area contributed by atoms with Crippen LogP contribution in [0.2, 0.25) is 0 Å². The van der Waals surface area contributed by atoms with Gasteiger partial charge in [-0.05, 0) is 34.9 Å². The van der Waals surface area contributed by atoms with Crippen LogP contribution in [0.5, 0.6) is 0 Å². The first-order chi connectivity index (χ1) is 5.83. The Bertz CT molecular complexity index is 241. The summed E-state index contributed by atoms with van der Waals surface area (Å²) in [6, 6.07) is 2.12. The summed E-state index contributed by atoms with van der Waals surface area (Å²) < 4.78 is 0. The number of rotatable bonds is 4. The summed E-state index contributed by atoms with van der Waals surface area (Å²) in [6.07, 6.45) is 0. The minimum absolute atomic E-state index is 0.860. The van der Waals surface area contributed by atoms with Crippen LogP contribution in [0, 0.1) is 0 Å².